The highest BCUT2D eigenvalue weighted by Crippen LogP contribution is 2.51. The number of benzene rings is 1. The Balaban J connectivity index is 0.000000127. The zero-order chi connectivity index (χ0) is 12.3. The molecule has 1 heterocycles. The molecule has 0 unspecified atom stereocenters. The smallest absolute Gasteiger partial charge is 0.211 e. The third kappa shape index (κ3) is 4.27. The number of aromatic hydroxyl groups is 1. The van der Waals surface area contributed by atoms with Crippen LogP contribution in [-0.2, 0) is 0 Å². The molecule has 1 aliphatic heterocycles. The number of rotatable bonds is 4. The van der Waals surface area contributed by atoms with Crippen LogP contribution in [0.2, 0.25) is 0 Å². The van der Waals surface area contributed by atoms with E-state index in [2.05, 4.69) is 19.0 Å². The Hall–Kier alpha value is -1.22. The van der Waals surface area contributed by atoms with Crippen molar-refractivity contribution in [2.45, 2.75) is 25.7 Å². The molecule has 94 valence electrons. The molecule has 3 heteroatoms. The van der Waals surface area contributed by atoms with Gasteiger partial charge >= 0.3 is 0 Å². The minimum atomic E-state index is 0.238. The lowest BCUT2D eigenvalue weighted by Gasteiger charge is -2.07. The molecule has 1 aromatic rings. The van der Waals surface area contributed by atoms with Gasteiger partial charge in [0.2, 0.25) is 5.75 Å². The molecule has 1 aromatic carbocycles. The molecule has 0 spiro atoms. The first-order valence-corrected chi connectivity index (χ1v) is 6.31. The molecule has 0 atom stereocenters. The zero-order valence-electron chi connectivity index (χ0n) is 10.6. The van der Waals surface area contributed by atoms with Gasteiger partial charge in [-0.25, -0.2) is 0 Å². The van der Waals surface area contributed by atoms with Crippen molar-refractivity contribution in [1.29, 1.82) is 0 Å². The summed E-state index contributed by atoms with van der Waals surface area (Å²) in [4.78, 5) is 2.27. The Morgan fingerprint density at radius 3 is 2.65 bits per heavy atom. The van der Waals surface area contributed by atoms with Crippen LogP contribution in [0.5, 0.6) is 17.2 Å². The number of nitrogens with zero attached hydrogens (tertiary/aromatic N) is 1. The number of hydrogen-bond donors (Lipinski definition) is 1. The van der Waals surface area contributed by atoms with Crippen LogP contribution in [0.4, 0.5) is 0 Å². The summed E-state index contributed by atoms with van der Waals surface area (Å²) in [5, 5.41) is 8.85. The van der Waals surface area contributed by atoms with E-state index in [0.717, 1.165) is 11.7 Å². The highest BCUT2D eigenvalue weighted by atomic mass is 16.6. The third-order valence-electron chi connectivity index (χ3n) is 3.04. The van der Waals surface area contributed by atoms with Crippen molar-refractivity contribution in [2.24, 2.45) is 5.92 Å². The van der Waals surface area contributed by atoms with Gasteiger partial charge in [-0.05, 0) is 51.5 Å². The standard InChI is InChI=1S/C8H17N.C6H4O2/c1-9(2)7-3-4-8-5-6-8;7-4-2-1-3-5-6(4)8-5/h8H,3-7H2,1-2H3;1-3,7H. The van der Waals surface area contributed by atoms with Crippen LogP contribution < -0.4 is 4.74 Å². The molecular weight excluding hydrogens is 214 g/mol. The fourth-order valence-corrected chi connectivity index (χ4v) is 1.78. The third-order valence-corrected chi connectivity index (χ3v) is 3.04. The fourth-order valence-electron chi connectivity index (χ4n) is 1.78. The summed E-state index contributed by atoms with van der Waals surface area (Å²) in [5.41, 5.74) is 0. The molecular formula is C14H21NO2. The number of phenolic OH excluding ortho intramolecular Hbond substituents is 1. The van der Waals surface area contributed by atoms with E-state index < -0.39 is 0 Å². The number of hydrogen-bond acceptors (Lipinski definition) is 3. The van der Waals surface area contributed by atoms with Gasteiger partial charge in [0.05, 0.1) is 0 Å². The van der Waals surface area contributed by atoms with Gasteiger partial charge in [-0.15, -0.1) is 0 Å². The minimum Gasteiger partial charge on any atom is -0.504 e. The van der Waals surface area contributed by atoms with Gasteiger partial charge < -0.3 is 14.7 Å². The molecule has 3 rings (SSSR count). The van der Waals surface area contributed by atoms with E-state index in [4.69, 9.17) is 9.84 Å². The average Bonchev–Trinajstić information content (AvgIpc) is 3.13. The van der Waals surface area contributed by atoms with E-state index in [0.29, 0.717) is 5.75 Å². The normalized spacial score (nSPS) is 15.7. The molecule has 17 heavy (non-hydrogen) atoms. The van der Waals surface area contributed by atoms with Crippen LogP contribution in [0, 0.1) is 5.92 Å². The van der Waals surface area contributed by atoms with Crippen LogP contribution in [0.1, 0.15) is 25.7 Å². The van der Waals surface area contributed by atoms with Crippen LogP contribution in [0.3, 0.4) is 0 Å². The van der Waals surface area contributed by atoms with Gasteiger partial charge in [0.25, 0.3) is 0 Å². The van der Waals surface area contributed by atoms with Crippen molar-refractivity contribution in [1.82, 2.24) is 4.90 Å². The molecule has 0 bridgehead atoms. The fraction of sp³-hybridized carbons (Fsp3) is 0.571. The molecule has 1 fully saturated rings. The summed E-state index contributed by atoms with van der Waals surface area (Å²) in [6, 6.07) is 5.17. The van der Waals surface area contributed by atoms with Gasteiger partial charge in [0.15, 0.2) is 11.5 Å². The van der Waals surface area contributed by atoms with Crippen molar-refractivity contribution in [2.75, 3.05) is 20.6 Å². The summed E-state index contributed by atoms with van der Waals surface area (Å²) in [5.74, 6) is 2.78. The summed E-state index contributed by atoms with van der Waals surface area (Å²) < 4.78 is 4.82. The Labute approximate surface area is 103 Å². The maximum Gasteiger partial charge on any atom is 0.211 e. The second-order valence-corrected chi connectivity index (χ2v) is 5.10. The van der Waals surface area contributed by atoms with Crippen molar-refractivity contribution in [3.8, 4) is 17.2 Å². The molecule has 1 saturated carbocycles. The van der Waals surface area contributed by atoms with Crippen molar-refractivity contribution >= 4 is 0 Å². The Bertz CT molecular complexity index is 370. The maximum atomic E-state index is 8.85. The first kappa shape index (κ1) is 12.2. The molecule has 2 aliphatic rings. The molecule has 0 aromatic heterocycles. The van der Waals surface area contributed by atoms with Gasteiger partial charge in [-0.1, -0.05) is 18.9 Å². The van der Waals surface area contributed by atoms with E-state index in [1.54, 1.807) is 12.1 Å². The summed E-state index contributed by atoms with van der Waals surface area (Å²) >= 11 is 0. The van der Waals surface area contributed by atoms with E-state index in [-0.39, 0.29) is 5.75 Å². The average molecular weight is 235 g/mol. The number of ether oxygens (including phenoxy) is 1. The van der Waals surface area contributed by atoms with E-state index in [9.17, 15) is 0 Å². The van der Waals surface area contributed by atoms with E-state index in [1.165, 1.54) is 32.2 Å². The van der Waals surface area contributed by atoms with E-state index >= 15 is 0 Å². The Morgan fingerprint density at radius 2 is 2.12 bits per heavy atom. The monoisotopic (exact) mass is 235 g/mol. The second-order valence-electron chi connectivity index (χ2n) is 5.10. The molecule has 1 N–H and O–H groups in total. The van der Waals surface area contributed by atoms with Crippen LogP contribution >= 0.6 is 0 Å². The van der Waals surface area contributed by atoms with Crippen LogP contribution in [-0.4, -0.2) is 30.6 Å². The van der Waals surface area contributed by atoms with Gasteiger partial charge in [-0.2, -0.15) is 0 Å². The van der Waals surface area contributed by atoms with Gasteiger partial charge in [0.1, 0.15) is 0 Å². The van der Waals surface area contributed by atoms with Crippen LogP contribution in [0.15, 0.2) is 18.2 Å². The lowest BCUT2D eigenvalue weighted by molar-refractivity contribution is 0.389. The summed E-state index contributed by atoms with van der Waals surface area (Å²) in [7, 11) is 4.29. The number of para-hydroxylation sites is 1. The minimum absolute atomic E-state index is 0.238. The molecule has 3 nitrogen and oxygen atoms in total. The maximum absolute atomic E-state index is 8.85. The van der Waals surface area contributed by atoms with Crippen molar-refractivity contribution in [3.05, 3.63) is 18.2 Å². The zero-order valence-corrected chi connectivity index (χ0v) is 10.6. The first-order chi connectivity index (χ1) is 8.16. The van der Waals surface area contributed by atoms with Gasteiger partial charge in [0, 0.05) is 0 Å². The van der Waals surface area contributed by atoms with Crippen molar-refractivity contribution in [3.63, 3.8) is 0 Å². The Kier molecular flexibility index (Phi) is 3.89. The summed E-state index contributed by atoms with van der Waals surface area (Å²) in [6.07, 6.45) is 5.89. The molecule has 0 saturated heterocycles. The Morgan fingerprint density at radius 1 is 1.35 bits per heavy atom. The lowest BCUT2D eigenvalue weighted by Crippen LogP contribution is -2.12. The highest BCUT2D eigenvalue weighted by molar-refractivity contribution is 5.62. The summed E-state index contributed by atoms with van der Waals surface area (Å²) in [6.45, 7) is 1.27. The lowest BCUT2D eigenvalue weighted by atomic mass is 10.2. The second kappa shape index (κ2) is 5.41. The van der Waals surface area contributed by atoms with Crippen LogP contribution in [0.25, 0.3) is 0 Å². The largest absolute Gasteiger partial charge is 0.504 e. The van der Waals surface area contributed by atoms with Crippen molar-refractivity contribution < 1.29 is 9.84 Å². The van der Waals surface area contributed by atoms with Gasteiger partial charge in [-0.3, -0.25) is 0 Å². The molecule has 0 amide bonds. The van der Waals surface area contributed by atoms with E-state index in [1.807, 2.05) is 6.07 Å². The quantitative estimate of drug-likeness (QED) is 0.826. The predicted octanol–water partition coefficient (Wildman–Crippen LogP) is 3.24. The predicted molar refractivity (Wildman–Crippen MR) is 68.7 cm³/mol. The first-order valence-electron chi connectivity index (χ1n) is 6.31. The number of fused-ring (bicyclic) bond motifs is 1. The topological polar surface area (TPSA) is 36.0 Å². The number of phenols is 1. The SMILES string of the molecule is CN(C)CCCC1CC1.Oc1cccc2c1O2. The molecule has 0 radical (unpaired) electrons. The highest BCUT2D eigenvalue weighted by Gasteiger charge is 2.22. The molecule has 1 aliphatic carbocycles.